The van der Waals surface area contributed by atoms with Gasteiger partial charge in [0, 0.05) is 17.8 Å². The predicted octanol–water partition coefficient (Wildman–Crippen LogP) is 1.57. The molecular weight excluding hydrogens is 232 g/mol. The zero-order valence-electron chi connectivity index (χ0n) is 8.57. The summed E-state index contributed by atoms with van der Waals surface area (Å²) in [5, 5.41) is 4.86. The molecular formula is C10H17ClN2OS. The van der Waals surface area contributed by atoms with Crippen molar-refractivity contribution >= 4 is 29.7 Å². The number of nitrogens with two attached hydrogens (primary N) is 1. The number of rotatable bonds is 6. The van der Waals surface area contributed by atoms with E-state index >= 15 is 0 Å². The van der Waals surface area contributed by atoms with Gasteiger partial charge in [0.05, 0.1) is 0 Å². The molecule has 0 aliphatic carbocycles. The maximum absolute atomic E-state index is 11.3. The summed E-state index contributed by atoms with van der Waals surface area (Å²) in [5.74, 6) is 0.117. The van der Waals surface area contributed by atoms with Gasteiger partial charge < -0.3 is 11.1 Å². The molecule has 0 aromatic carbocycles. The van der Waals surface area contributed by atoms with E-state index in [0.29, 0.717) is 19.5 Å². The van der Waals surface area contributed by atoms with E-state index in [1.165, 1.54) is 4.88 Å². The van der Waals surface area contributed by atoms with Gasteiger partial charge >= 0.3 is 0 Å². The number of halogens is 1. The van der Waals surface area contributed by atoms with Crippen LogP contribution >= 0.6 is 23.7 Å². The van der Waals surface area contributed by atoms with Crippen molar-refractivity contribution in [2.75, 3.05) is 13.1 Å². The highest BCUT2D eigenvalue weighted by Gasteiger charge is 2.01. The average Bonchev–Trinajstić information content (AvgIpc) is 2.68. The van der Waals surface area contributed by atoms with E-state index in [1.54, 1.807) is 11.3 Å². The first-order chi connectivity index (χ1) is 6.83. The van der Waals surface area contributed by atoms with E-state index in [0.717, 1.165) is 12.8 Å². The quantitative estimate of drug-likeness (QED) is 0.751. The van der Waals surface area contributed by atoms with Crippen LogP contribution in [0.2, 0.25) is 0 Å². The van der Waals surface area contributed by atoms with Gasteiger partial charge in [0.25, 0.3) is 0 Å². The smallest absolute Gasteiger partial charge is 0.220 e. The minimum atomic E-state index is 0. The van der Waals surface area contributed by atoms with Crippen molar-refractivity contribution < 1.29 is 4.79 Å². The number of carbonyl (C=O) groups is 1. The Balaban J connectivity index is 0.00000196. The molecule has 0 saturated carbocycles. The van der Waals surface area contributed by atoms with Crippen molar-refractivity contribution in [2.24, 2.45) is 5.73 Å². The van der Waals surface area contributed by atoms with Gasteiger partial charge in [-0.1, -0.05) is 6.07 Å². The van der Waals surface area contributed by atoms with E-state index in [2.05, 4.69) is 11.4 Å². The molecule has 0 radical (unpaired) electrons. The fourth-order valence-corrected chi connectivity index (χ4v) is 1.82. The Bertz CT molecular complexity index is 264. The molecule has 0 saturated heterocycles. The number of amides is 1. The Hall–Kier alpha value is -0.580. The molecule has 86 valence electrons. The Morgan fingerprint density at radius 3 is 2.93 bits per heavy atom. The highest BCUT2D eigenvalue weighted by Crippen LogP contribution is 2.10. The first-order valence-electron chi connectivity index (χ1n) is 4.82. The molecule has 0 aliphatic heterocycles. The summed E-state index contributed by atoms with van der Waals surface area (Å²) in [5.41, 5.74) is 5.32. The Morgan fingerprint density at radius 2 is 2.33 bits per heavy atom. The molecule has 0 fully saturated rings. The second-order valence-electron chi connectivity index (χ2n) is 3.07. The zero-order chi connectivity index (χ0) is 10.2. The first kappa shape index (κ1) is 14.4. The van der Waals surface area contributed by atoms with Crippen LogP contribution in [0.25, 0.3) is 0 Å². The second-order valence-corrected chi connectivity index (χ2v) is 4.10. The first-order valence-corrected chi connectivity index (χ1v) is 5.70. The molecule has 5 heteroatoms. The summed E-state index contributed by atoms with van der Waals surface area (Å²) in [4.78, 5) is 12.5. The molecule has 0 aliphatic rings. The Morgan fingerprint density at radius 1 is 1.53 bits per heavy atom. The highest BCUT2D eigenvalue weighted by atomic mass is 35.5. The standard InChI is InChI=1S/C10H16N2OS.ClH/c11-6-2-7-12-10(13)5-4-9-3-1-8-14-9;/h1,3,8H,2,4-7,11H2,(H,12,13);1H. The van der Waals surface area contributed by atoms with Crippen molar-refractivity contribution in [3.8, 4) is 0 Å². The molecule has 1 aromatic heterocycles. The SMILES string of the molecule is Cl.NCCCNC(=O)CCc1cccs1. The normalized spacial score (nSPS) is 9.40. The molecule has 15 heavy (non-hydrogen) atoms. The van der Waals surface area contributed by atoms with E-state index in [-0.39, 0.29) is 18.3 Å². The third kappa shape index (κ3) is 6.49. The number of aryl methyl sites for hydroxylation is 1. The van der Waals surface area contributed by atoms with Crippen LogP contribution in [0, 0.1) is 0 Å². The largest absolute Gasteiger partial charge is 0.356 e. The van der Waals surface area contributed by atoms with Crippen molar-refractivity contribution in [3.63, 3.8) is 0 Å². The van der Waals surface area contributed by atoms with Crippen LogP contribution in [0.3, 0.4) is 0 Å². The summed E-state index contributed by atoms with van der Waals surface area (Å²) in [7, 11) is 0. The molecule has 0 atom stereocenters. The van der Waals surface area contributed by atoms with Crippen molar-refractivity contribution in [2.45, 2.75) is 19.3 Å². The number of nitrogens with one attached hydrogen (secondary N) is 1. The van der Waals surface area contributed by atoms with Crippen LogP contribution < -0.4 is 11.1 Å². The van der Waals surface area contributed by atoms with Gasteiger partial charge in [-0.25, -0.2) is 0 Å². The number of carbonyl (C=O) groups excluding carboxylic acids is 1. The fraction of sp³-hybridized carbons (Fsp3) is 0.500. The van der Waals surface area contributed by atoms with E-state index in [9.17, 15) is 4.79 Å². The molecule has 3 N–H and O–H groups in total. The average molecular weight is 249 g/mol. The minimum absolute atomic E-state index is 0. The monoisotopic (exact) mass is 248 g/mol. The molecule has 1 rings (SSSR count). The molecule has 0 bridgehead atoms. The number of hydrogen-bond donors (Lipinski definition) is 2. The van der Waals surface area contributed by atoms with E-state index in [1.807, 2.05) is 11.4 Å². The molecule has 1 amide bonds. The van der Waals surface area contributed by atoms with Gasteiger partial charge in [0.1, 0.15) is 0 Å². The van der Waals surface area contributed by atoms with Gasteiger partial charge in [0.2, 0.25) is 5.91 Å². The lowest BCUT2D eigenvalue weighted by Gasteiger charge is -2.02. The summed E-state index contributed by atoms with van der Waals surface area (Å²) >= 11 is 1.69. The van der Waals surface area contributed by atoms with Gasteiger partial charge in [-0.2, -0.15) is 0 Å². The van der Waals surface area contributed by atoms with Crippen LogP contribution in [0.15, 0.2) is 17.5 Å². The minimum Gasteiger partial charge on any atom is -0.356 e. The fourth-order valence-electron chi connectivity index (χ4n) is 1.11. The Kier molecular flexibility index (Phi) is 8.37. The van der Waals surface area contributed by atoms with Crippen molar-refractivity contribution in [1.82, 2.24) is 5.32 Å². The number of hydrogen-bond acceptors (Lipinski definition) is 3. The van der Waals surface area contributed by atoms with Crippen LogP contribution in [0.4, 0.5) is 0 Å². The van der Waals surface area contributed by atoms with Crippen LogP contribution in [-0.2, 0) is 11.2 Å². The lowest BCUT2D eigenvalue weighted by atomic mass is 10.2. The predicted molar refractivity (Wildman–Crippen MR) is 66.6 cm³/mol. The summed E-state index contributed by atoms with van der Waals surface area (Å²) in [6, 6.07) is 4.06. The van der Waals surface area contributed by atoms with E-state index in [4.69, 9.17) is 5.73 Å². The summed E-state index contributed by atoms with van der Waals surface area (Å²) < 4.78 is 0. The molecule has 0 unspecified atom stereocenters. The lowest BCUT2D eigenvalue weighted by Crippen LogP contribution is -2.25. The maximum atomic E-state index is 11.3. The van der Waals surface area contributed by atoms with Gasteiger partial charge in [-0.05, 0) is 30.8 Å². The van der Waals surface area contributed by atoms with E-state index < -0.39 is 0 Å². The Labute approximate surface area is 100 Å². The highest BCUT2D eigenvalue weighted by molar-refractivity contribution is 7.09. The molecule has 0 spiro atoms. The number of thiophene rings is 1. The third-order valence-electron chi connectivity index (χ3n) is 1.88. The van der Waals surface area contributed by atoms with Crippen molar-refractivity contribution in [1.29, 1.82) is 0 Å². The molecule has 3 nitrogen and oxygen atoms in total. The van der Waals surface area contributed by atoms with Gasteiger partial charge in [-0.3, -0.25) is 4.79 Å². The molecule has 1 aromatic rings. The van der Waals surface area contributed by atoms with Gasteiger partial charge in [-0.15, -0.1) is 23.7 Å². The van der Waals surface area contributed by atoms with Crippen LogP contribution in [-0.4, -0.2) is 19.0 Å². The topological polar surface area (TPSA) is 55.1 Å². The summed E-state index contributed by atoms with van der Waals surface area (Å²) in [6.45, 7) is 1.32. The van der Waals surface area contributed by atoms with Gasteiger partial charge in [0.15, 0.2) is 0 Å². The zero-order valence-corrected chi connectivity index (χ0v) is 10.2. The van der Waals surface area contributed by atoms with Crippen LogP contribution in [0.5, 0.6) is 0 Å². The van der Waals surface area contributed by atoms with Crippen LogP contribution in [0.1, 0.15) is 17.7 Å². The maximum Gasteiger partial charge on any atom is 0.220 e. The van der Waals surface area contributed by atoms with Crippen molar-refractivity contribution in [3.05, 3.63) is 22.4 Å². The lowest BCUT2D eigenvalue weighted by molar-refractivity contribution is -0.121. The third-order valence-corrected chi connectivity index (χ3v) is 2.82. The second kappa shape index (κ2) is 8.71. The molecule has 1 heterocycles. The summed E-state index contributed by atoms with van der Waals surface area (Å²) in [6.07, 6.45) is 2.27.